The fourth-order valence-electron chi connectivity index (χ4n) is 1.51. The molecule has 1 aromatic carbocycles. The summed E-state index contributed by atoms with van der Waals surface area (Å²) in [6, 6.07) is 8.77. The molecule has 13 heavy (non-hydrogen) atoms. The number of thiophene rings is 1. The fraction of sp³-hybridized carbons (Fsp3) is 0.273. The minimum absolute atomic E-state index is 1.09. The van der Waals surface area contributed by atoms with E-state index >= 15 is 0 Å². The number of halogens is 1. The first-order valence-electron chi connectivity index (χ1n) is 4.43. The highest BCUT2D eigenvalue weighted by Gasteiger charge is 2.00. The molecule has 0 aliphatic rings. The zero-order valence-corrected chi connectivity index (χ0v) is 9.70. The molecule has 0 radical (unpaired) electrons. The first kappa shape index (κ1) is 9.22. The van der Waals surface area contributed by atoms with Crippen LogP contribution in [0.5, 0.6) is 0 Å². The number of rotatable bonds is 3. The molecule has 0 N–H and O–H groups in total. The van der Waals surface area contributed by atoms with E-state index < -0.39 is 0 Å². The SMILES string of the molecule is BrCCCc1cccc2ccsc12. The Hall–Kier alpha value is -0.340. The van der Waals surface area contributed by atoms with Crippen molar-refractivity contribution in [2.24, 2.45) is 0 Å². The van der Waals surface area contributed by atoms with Crippen molar-refractivity contribution in [3.8, 4) is 0 Å². The molecule has 0 atom stereocenters. The Bertz CT molecular complexity index is 392. The molecule has 0 nitrogen and oxygen atoms in total. The van der Waals surface area contributed by atoms with Gasteiger partial charge in [0.05, 0.1) is 0 Å². The Morgan fingerprint density at radius 2 is 2.15 bits per heavy atom. The van der Waals surface area contributed by atoms with Gasteiger partial charge in [0, 0.05) is 10.0 Å². The molecule has 0 amide bonds. The van der Waals surface area contributed by atoms with E-state index in [2.05, 4.69) is 45.6 Å². The lowest BCUT2D eigenvalue weighted by atomic mass is 10.1. The van der Waals surface area contributed by atoms with Crippen LogP contribution >= 0.6 is 27.3 Å². The summed E-state index contributed by atoms with van der Waals surface area (Å²) in [5.41, 5.74) is 1.49. The normalized spacial score (nSPS) is 10.8. The average molecular weight is 255 g/mol. The van der Waals surface area contributed by atoms with Gasteiger partial charge in [-0.3, -0.25) is 0 Å². The Morgan fingerprint density at radius 1 is 1.23 bits per heavy atom. The Labute approximate surface area is 90.7 Å². The van der Waals surface area contributed by atoms with Crippen LogP contribution in [-0.4, -0.2) is 5.33 Å². The van der Waals surface area contributed by atoms with Crippen LogP contribution in [-0.2, 0) is 6.42 Å². The first-order valence-corrected chi connectivity index (χ1v) is 6.43. The third kappa shape index (κ3) is 1.94. The summed E-state index contributed by atoms with van der Waals surface area (Å²) in [6.45, 7) is 0. The second-order valence-electron chi connectivity index (χ2n) is 3.05. The molecule has 1 heterocycles. The van der Waals surface area contributed by atoms with Gasteiger partial charge >= 0.3 is 0 Å². The van der Waals surface area contributed by atoms with Crippen molar-refractivity contribution in [2.45, 2.75) is 12.8 Å². The van der Waals surface area contributed by atoms with Gasteiger partial charge in [-0.2, -0.15) is 0 Å². The molecule has 0 saturated heterocycles. The summed E-state index contributed by atoms with van der Waals surface area (Å²) in [4.78, 5) is 0. The van der Waals surface area contributed by atoms with Gasteiger partial charge < -0.3 is 0 Å². The lowest BCUT2D eigenvalue weighted by Gasteiger charge is -2.00. The molecule has 68 valence electrons. The number of benzene rings is 1. The first-order chi connectivity index (χ1) is 6.42. The van der Waals surface area contributed by atoms with Gasteiger partial charge in [-0.1, -0.05) is 34.1 Å². The van der Waals surface area contributed by atoms with Gasteiger partial charge in [0.1, 0.15) is 0 Å². The summed E-state index contributed by atoms with van der Waals surface area (Å²) >= 11 is 5.31. The highest BCUT2D eigenvalue weighted by Crippen LogP contribution is 2.25. The number of fused-ring (bicyclic) bond motifs is 1. The molecule has 0 aliphatic carbocycles. The van der Waals surface area contributed by atoms with Crippen molar-refractivity contribution in [3.63, 3.8) is 0 Å². The number of hydrogen-bond donors (Lipinski definition) is 0. The van der Waals surface area contributed by atoms with Crippen molar-refractivity contribution in [1.29, 1.82) is 0 Å². The van der Waals surface area contributed by atoms with Crippen LogP contribution in [0.25, 0.3) is 10.1 Å². The van der Waals surface area contributed by atoms with E-state index in [0.717, 1.165) is 5.33 Å². The molecule has 1 aromatic heterocycles. The monoisotopic (exact) mass is 254 g/mol. The van der Waals surface area contributed by atoms with E-state index in [1.165, 1.54) is 28.5 Å². The Kier molecular flexibility index (Phi) is 3.01. The molecule has 0 saturated carbocycles. The number of alkyl halides is 1. The summed E-state index contributed by atoms with van der Waals surface area (Å²) < 4.78 is 1.46. The minimum Gasteiger partial charge on any atom is -0.144 e. The molecule has 2 rings (SSSR count). The van der Waals surface area contributed by atoms with Crippen LogP contribution in [0.1, 0.15) is 12.0 Å². The van der Waals surface area contributed by atoms with E-state index in [1.807, 2.05) is 11.3 Å². The minimum atomic E-state index is 1.09. The van der Waals surface area contributed by atoms with Gasteiger partial charge in [0.2, 0.25) is 0 Å². The lowest BCUT2D eigenvalue weighted by molar-refractivity contribution is 0.949. The molecule has 0 unspecified atom stereocenters. The molecule has 0 fully saturated rings. The molecule has 0 spiro atoms. The van der Waals surface area contributed by atoms with Crippen molar-refractivity contribution in [3.05, 3.63) is 35.2 Å². The topological polar surface area (TPSA) is 0 Å². The van der Waals surface area contributed by atoms with Crippen LogP contribution in [0.4, 0.5) is 0 Å². The zero-order chi connectivity index (χ0) is 9.10. The van der Waals surface area contributed by atoms with E-state index in [9.17, 15) is 0 Å². The Morgan fingerprint density at radius 3 is 3.00 bits per heavy atom. The predicted octanol–water partition coefficient (Wildman–Crippen LogP) is 4.23. The summed E-state index contributed by atoms with van der Waals surface area (Å²) in [6.07, 6.45) is 2.40. The van der Waals surface area contributed by atoms with Gasteiger partial charge in [-0.05, 0) is 35.2 Å². The predicted molar refractivity (Wildman–Crippen MR) is 63.9 cm³/mol. The van der Waals surface area contributed by atoms with Crippen LogP contribution in [0.2, 0.25) is 0 Å². The van der Waals surface area contributed by atoms with Crippen LogP contribution in [0.3, 0.4) is 0 Å². The molecule has 0 aliphatic heterocycles. The molecular weight excluding hydrogens is 244 g/mol. The van der Waals surface area contributed by atoms with Gasteiger partial charge in [0.15, 0.2) is 0 Å². The molecule has 2 aromatic rings. The smallest absolute Gasteiger partial charge is 0.0374 e. The van der Waals surface area contributed by atoms with Gasteiger partial charge in [-0.25, -0.2) is 0 Å². The second kappa shape index (κ2) is 4.25. The molecule has 2 heteroatoms. The van der Waals surface area contributed by atoms with Crippen molar-refractivity contribution < 1.29 is 0 Å². The lowest BCUT2D eigenvalue weighted by Crippen LogP contribution is -1.85. The summed E-state index contributed by atoms with van der Waals surface area (Å²) in [5.74, 6) is 0. The maximum atomic E-state index is 3.47. The number of aryl methyl sites for hydroxylation is 1. The quantitative estimate of drug-likeness (QED) is 0.720. The van der Waals surface area contributed by atoms with E-state index in [-0.39, 0.29) is 0 Å². The number of hydrogen-bond acceptors (Lipinski definition) is 1. The Balaban J connectivity index is 2.37. The van der Waals surface area contributed by atoms with Crippen molar-refractivity contribution in [2.75, 3.05) is 5.33 Å². The third-order valence-corrected chi connectivity index (χ3v) is 3.71. The highest BCUT2D eigenvalue weighted by atomic mass is 79.9. The summed E-state index contributed by atoms with van der Waals surface area (Å²) in [7, 11) is 0. The van der Waals surface area contributed by atoms with Crippen molar-refractivity contribution >= 4 is 37.4 Å². The standard InChI is InChI=1S/C11H11BrS/c12-7-2-5-9-3-1-4-10-6-8-13-11(9)10/h1,3-4,6,8H,2,5,7H2. The third-order valence-electron chi connectivity index (χ3n) is 2.14. The van der Waals surface area contributed by atoms with E-state index in [4.69, 9.17) is 0 Å². The summed E-state index contributed by atoms with van der Waals surface area (Å²) in [5, 5.41) is 4.65. The zero-order valence-electron chi connectivity index (χ0n) is 7.29. The average Bonchev–Trinajstić information content (AvgIpc) is 2.62. The highest BCUT2D eigenvalue weighted by molar-refractivity contribution is 9.09. The van der Waals surface area contributed by atoms with Crippen molar-refractivity contribution in [1.82, 2.24) is 0 Å². The van der Waals surface area contributed by atoms with E-state index in [1.54, 1.807) is 0 Å². The van der Waals surface area contributed by atoms with Crippen LogP contribution in [0.15, 0.2) is 29.6 Å². The van der Waals surface area contributed by atoms with Gasteiger partial charge in [-0.15, -0.1) is 11.3 Å². The molecule has 0 bridgehead atoms. The van der Waals surface area contributed by atoms with Gasteiger partial charge in [0.25, 0.3) is 0 Å². The largest absolute Gasteiger partial charge is 0.144 e. The van der Waals surface area contributed by atoms with Crippen LogP contribution in [0, 0.1) is 0 Å². The van der Waals surface area contributed by atoms with Crippen LogP contribution < -0.4 is 0 Å². The maximum absolute atomic E-state index is 3.47. The van der Waals surface area contributed by atoms with E-state index in [0.29, 0.717) is 0 Å². The second-order valence-corrected chi connectivity index (χ2v) is 4.76. The molecular formula is C11H11BrS. The maximum Gasteiger partial charge on any atom is 0.0374 e. The fourth-order valence-corrected chi connectivity index (χ4v) is 2.73.